The average molecular weight is 344 g/mol. The molecule has 4 heteroatoms. The van der Waals surface area contributed by atoms with E-state index in [0.717, 1.165) is 34.3 Å². The number of carbonyl (C=O) groups excluding carboxylic acids is 1. The Hall–Kier alpha value is -0.620. The lowest BCUT2D eigenvalue weighted by atomic mass is 10.1. The predicted molar refractivity (Wildman–Crippen MR) is 77.3 cm³/mol. The Morgan fingerprint density at radius 3 is 3.00 bits per heavy atom. The van der Waals surface area contributed by atoms with Gasteiger partial charge in [0.25, 0.3) is 5.91 Å². The summed E-state index contributed by atoms with van der Waals surface area (Å²) < 4.78 is 1.15. The van der Waals surface area contributed by atoms with Gasteiger partial charge in [-0.3, -0.25) is 4.79 Å². The average Bonchev–Trinajstić information content (AvgIpc) is 2.32. The lowest BCUT2D eigenvalue weighted by Crippen LogP contribution is -2.52. The van der Waals surface area contributed by atoms with Crippen molar-refractivity contribution in [3.05, 3.63) is 32.9 Å². The topological polar surface area (TPSA) is 32.3 Å². The molecule has 1 N–H and O–H groups in total. The molecule has 1 aromatic carbocycles. The summed E-state index contributed by atoms with van der Waals surface area (Å²) in [5.41, 5.74) is 1.93. The molecule has 1 aromatic rings. The smallest absolute Gasteiger partial charge is 0.254 e. The molecule has 92 valence electrons. The third-order valence-corrected chi connectivity index (χ3v) is 4.43. The number of nitrogens with zero attached hydrogens (tertiary/aromatic N) is 1. The zero-order valence-electron chi connectivity index (χ0n) is 10.2. The van der Waals surface area contributed by atoms with Gasteiger partial charge < -0.3 is 10.2 Å². The second kappa shape index (κ2) is 5.35. The number of carbonyl (C=O) groups is 1. The molecule has 2 rings (SSSR count). The SMILES string of the molecule is Cc1c(I)cccc1C(=O)N1CCNC[C@@H]1C. The Morgan fingerprint density at radius 1 is 1.53 bits per heavy atom. The van der Waals surface area contributed by atoms with Crippen LogP contribution in [0.15, 0.2) is 18.2 Å². The van der Waals surface area contributed by atoms with Crippen LogP contribution in [0.4, 0.5) is 0 Å². The van der Waals surface area contributed by atoms with E-state index in [9.17, 15) is 4.79 Å². The number of benzene rings is 1. The normalized spacial score (nSPS) is 20.4. The molecule has 1 aliphatic rings. The summed E-state index contributed by atoms with van der Waals surface area (Å²) >= 11 is 2.28. The number of amides is 1. The van der Waals surface area contributed by atoms with Crippen molar-refractivity contribution in [2.75, 3.05) is 19.6 Å². The largest absolute Gasteiger partial charge is 0.333 e. The lowest BCUT2D eigenvalue weighted by Gasteiger charge is -2.34. The van der Waals surface area contributed by atoms with E-state index in [1.165, 1.54) is 0 Å². The molecule has 1 saturated heterocycles. The van der Waals surface area contributed by atoms with Gasteiger partial charge in [-0.1, -0.05) is 6.07 Å². The van der Waals surface area contributed by atoms with Crippen LogP contribution in [0.2, 0.25) is 0 Å². The van der Waals surface area contributed by atoms with E-state index >= 15 is 0 Å². The zero-order valence-corrected chi connectivity index (χ0v) is 12.3. The molecular formula is C13H17IN2O. The van der Waals surface area contributed by atoms with Crippen LogP contribution in [0.25, 0.3) is 0 Å². The van der Waals surface area contributed by atoms with Gasteiger partial charge in [-0.2, -0.15) is 0 Å². The highest BCUT2D eigenvalue weighted by molar-refractivity contribution is 14.1. The van der Waals surface area contributed by atoms with Crippen molar-refractivity contribution in [1.82, 2.24) is 10.2 Å². The lowest BCUT2D eigenvalue weighted by molar-refractivity contribution is 0.0655. The molecule has 0 aliphatic carbocycles. The van der Waals surface area contributed by atoms with Crippen LogP contribution < -0.4 is 5.32 Å². The second-order valence-corrected chi connectivity index (χ2v) is 5.63. The molecule has 0 radical (unpaired) electrons. The van der Waals surface area contributed by atoms with Gasteiger partial charge in [0.2, 0.25) is 0 Å². The minimum Gasteiger partial charge on any atom is -0.333 e. The van der Waals surface area contributed by atoms with E-state index in [4.69, 9.17) is 0 Å². The first-order valence-corrected chi connectivity index (χ1v) is 6.96. The number of halogens is 1. The van der Waals surface area contributed by atoms with E-state index in [1.54, 1.807) is 0 Å². The maximum atomic E-state index is 12.5. The van der Waals surface area contributed by atoms with Crippen molar-refractivity contribution in [1.29, 1.82) is 0 Å². The Kier molecular flexibility index (Phi) is 4.04. The third kappa shape index (κ3) is 2.63. The molecule has 1 atom stereocenters. The van der Waals surface area contributed by atoms with Gasteiger partial charge in [-0.15, -0.1) is 0 Å². The van der Waals surface area contributed by atoms with E-state index in [-0.39, 0.29) is 11.9 Å². The van der Waals surface area contributed by atoms with Gasteiger partial charge in [-0.05, 0) is 54.1 Å². The van der Waals surface area contributed by atoms with E-state index in [0.29, 0.717) is 0 Å². The molecule has 1 amide bonds. The highest BCUT2D eigenvalue weighted by Gasteiger charge is 2.25. The summed E-state index contributed by atoms with van der Waals surface area (Å²) in [6, 6.07) is 6.19. The van der Waals surface area contributed by atoms with E-state index in [1.807, 2.05) is 30.0 Å². The quantitative estimate of drug-likeness (QED) is 0.791. The molecule has 0 unspecified atom stereocenters. The van der Waals surface area contributed by atoms with Crippen LogP contribution >= 0.6 is 22.6 Å². The molecule has 1 aliphatic heterocycles. The minimum atomic E-state index is 0.162. The molecule has 0 aromatic heterocycles. The van der Waals surface area contributed by atoms with Crippen LogP contribution in [-0.2, 0) is 0 Å². The van der Waals surface area contributed by atoms with Gasteiger partial charge >= 0.3 is 0 Å². The second-order valence-electron chi connectivity index (χ2n) is 4.46. The Bertz CT molecular complexity index is 433. The monoisotopic (exact) mass is 344 g/mol. The summed E-state index contributed by atoms with van der Waals surface area (Å²) in [4.78, 5) is 14.4. The maximum Gasteiger partial charge on any atom is 0.254 e. The molecule has 17 heavy (non-hydrogen) atoms. The van der Waals surface area contributed by atoms with Gasteiger partial charge in [0, 0.05) is 34.8 Å². The van der Waals surface area contributed by atoms with Crippen LogP contribution in [0.1, 0.15) is 22.8 Å². The fourth-order valence-electron chi connectivity index (χ4n) is 2.14. The highest BCUT2D eigenvalue weighted by Crippen LogP contribution is 2.19. The first kappa shape index (κ1) is 12.8. The summed E-state index contributed by atoms with van der Waals surface area (Å²) in [5.74, 6) is 0.162. The molecule has 1 heterocycles. The van der Waals surface area contributed by atoms with Crippen molar-refractivity contribution < 1.29 is 4.79 Å². The van der Waals surface area contributed by atoms with Crippen molar-refractivity contribution in [3.8, 4) is 0 Å². The fraction of sp³-hybridized carbons (Fsp3) is 0.462. The summed E-state index contributed by atoms with van der Waals surface area (Å²) in [6.45, 7) is 6.67. The standard InChI is InChI=1S/C13H17IN2O/c1-9-8-15-6-7-16(9)13(17)11-4-3-5-12(14)10(11)2/h3-5,9,15H,6-8H2,1-2H3/t9-/m0/s1. The molecular weight excluding hydrogens is 327 g/mol. The van der Waals surface area contributed by atoms with E-state index in [2.05, 4.69) is 34.8 Å². The fourth-order valence-corrected chi connectivity index (χ4v) is 2.63. The minimum absolute atomic E-state index is 0.162. The maximum absolute atomic E-state index is 12.5. The van der Waals surface area contributed by atoms with Crippen LogP contribution in [0.5, 0.6) is 0 Å². The molecule has 3 nitrogen and oxygen atoms in total. The Balaban J connectivity index is 2.27. The number of rotatable bonds is 1. The molecule has 0 saturated carbocycles. The zero-order chi connectivity index (χ0) is 12.4. The summed E-state index contributed by atoms with van der Waals surface area (Å²) in [6.07, 6.45) is 0. The molecule has 1 fully saturated rings. The summed E-state index contributed by atoms with van der Waals surface area (Å²) in [7, 11) is 0. The van der Waals surface area contributed by atoms with Crippen LogP contribution in [-0.4, -0.2) is 36.5 Å². The van der Waals surface area contributed by atoms with Crippen molar-refractivity contribution in [3.63, 3.8) is 0 Å². The van der Waals surface area contributed by atoms with Gasteiger partial charge in [0.05, 0.1) is 0 Å². The van der Waals surface area contributed by atoms with Gasteiger partial charge in [0.15, 0.2) is 0 Å². The van der Waals surface area contributed by atoms with Crippen LogP contribution in [0, 0.1) is 10.5 Å². The van der Waals surface area contributed by atoms with E-state index < -0.39 is 0 Å². The number of hydrogen-bond acceptors (Lipinski definition) is 2. The van der Waals surface area contributed by atoms with Crippen molar-refractivity contribution in [2.24, 2.45) is 0 Å². The van der Waals surface area contributed by atoms with Crippen molar-refractivity contribution in [2.45, 2.75) is 19.9 Å². The van der Waals surface area contributed by atoms with Crippen molar-refractivity contribution >= 4 is 28.5 Å². The molecule has 0 bridgehead atoms. The van der Waals surface area contributed by atoms with Gasteiger partial charge in [0.1, 0.15) is 0 Å². The third-order valence-electron chi connectivity index (χ3n) is 3.26. The summed E-state index contributed by atoms with van der Waals surface area (Å²) in [5, 5.41) is 3.30. The number of piperazine rings is 1. The highest BCUT2D eigenvalue weighted by atomic mass is 127. The number of hydrogen-bond donors (Lipinski definition) is 1. The van der Waals surface area contributed by atoms with Crippen LogP contribution in [0.3, 0.4) is 0 Å². The Morgan fingerprint density at radius 2 is 2.29 bits per heavy atom. The first-order chi connectivity index (χ1) is 8.11. The Labute approximate surface area is 116 Å². The first-order valence-electron chi connectivity index (χ1n) is 5.88. The predicted octanol–water partition coefficient (Wildman–Crippen LogP) is 2.03. The van der Waals surface area contributed by atoms with Gasteiger partial charge in [-0.25, -0.2) is 0 Å². The number of nitrogens with one attached hydrogen (secondary N) is 1. The molecule has 0 spiro atoms.